The van der Waals surface area contributed by atoms with Crippen molar-refractivity contribution >= 4 is 23.4 Å². The second-order valence-electron chi connectivity index (χ2n) is 9.56. The first-order chi connectivity index (χ1) is 15.4. The van der Waals surface area contributed by atoms with Crippen molar-refractivity contribution in [2.45, 2.75) is 76.9 Å². The molecule has 0 bridgehead atoms. The number of para-hydroxylation sites is 1. The second-order valence-corrected chi connectivity index (χ2v) is 9.56. The number of carbonyl (C=O) groups excluding carboxylic acids is 3. The zero-order valence-corrected chi connectivity index (χ0v) is 19.4. The first-order valence-electron chi connectivity index (χ1n) is 12.2. The standard InChI is InChI=1S/C25H36N4O3/c1-3-4-15-27-17-12-19(13-18-27)26-22(30)10-7-16-28-24(32)20-8-5-6-9-21(20)29-23(31)11-14-25(28,29)2/h5-6,8-9,19H,3-4,7,10-18H2,1-2H3,(H,26,30). The maximum Gasteiger partial charge on any atom is 0.257 e. The molecule has 1 aromatic rings. The van der Waals surface area contributed by atoms with Gasteiger partial charge in [-0.15, -0.1) is 0 Å². The summed E-state index contributed by atoms with van der Waals surface area (Å²) in [4.78, 5) is 44.5. The van der Waals surface area contributed by atoms with Crippen molar-refractivity contribution < 1.29 is 14.4 Å². The molecule has 4 rings (SSSR count). The minimum atomic E-state index is -0.648. The number of nitrogens with zero attached hydrogens (tertiary/aromatic N) is 3. The van der Waals surface area contributed by atoms with Crippen LogP contribution in [0.2, 0.25) is 0 Å². The van der Waals surface area contributed by atoms with E-state index in [2.05, 4.69) is 17.1 Å². The highest BCUT2D eigenvalue weighted by atomic mass is 16.2. The van der Waals surface area contributed by atoms with E-state index in [1.807, 2.05) is 25.1 Å². The van der Waals surface area contributed by atoms with Gasteiger partial charge in [-0.3, -0.25) is 19.3 Å². The van der Waals surface area contributed by atoms with Gasteiger partial charge in [0, 0.05) is 38.5 Å². The Labute approximate surface area is 191 Å². The molecule has 3 amide bonds. The van der Waals surface area contributed by atoms with E-state index in [9.17, 15) is 14.4 Å². The van der Waals surface area contributed by atoms with Crippen molar-refractivity contribution in [3.8, 4) is 0 Å². The van der Waals surface area contributed by atoms with Crippen LogP contribution in [0.1, 0.15) is 75.6 Å². The topological polar surface area (TPSA) is 73.0 Å². The quantitative estimate of drug-likeness (QED) is 0.674. The smallest absolute Gasteiger partial charge is 0.257 e. The predicted molar refractivity (Wildman–Crippen MR) is 124 cm³/mol. The van der Waals surface area contributed by atoms with Gasteiger partial charge in [-0.2, -0.15) is 0 Å². The van der Waals surface area contributed by atoms with Crippen molar-refractivity contribution in [2.75, 3.05) is 31.1 Å². The van der Waals surface area contributed by atoms with Gasteiger partial charge < -0.3 is 15.1 Å². The number of fused-ring (bicyclic) bond motifs is 3. The fraction of sp³-hybridized carbons (Fsp3) is 0.640. The van der Waals surface area contributed by atoms with Gasteiger partial charge in [0.25, 0.3) is 5.91 Å². The third-order valence-electron chi connectivity index (χ3n) is 7.31. The number of carbonyl (C=O) groups is 3. The van der Waals surface area contributed by atoms with E-state index in [1.54, 1.807) is 15.9 Å². The van der Waals surface area contributed by atoms with Crippen LogP contribution >= 0.6 is 0 Å². The summed E-state index contributed by atoms with van der Waals surface area (Å²) in [5, 5.41) is 3.19. The summed E-state index contributed by atoms with van der Waals surface area (Å²) in [6.45, 7) is 7.91. The molecule has 1 unspecified atom stereocenters. The molecule has 3 aliphatic rings. The minimum Gasteiger partial charge on any atom is -0.353 e. The van der Waals surface area contributed by atoms with Crippen LogP contribution in [0.15, 0.2) is 24.3 Å². The molecule has 1 N–H and O–H groups in total. The summed E-state index contributed by atoms with van der Waals surface area (Å²) < 4.78 is 0. The van der Waals surface area contributed by atoms with E-state index in [1.165, 1.54) is 12.8 Å². The zero-order valence-electron chi connectivity index (χ0n) is 19.4. The molecule has 2 fully saturated rings. The average molecular weight is 441 g/mol. The molecule has 1 aromatic carbocycles. The molecule has 0 radical (unpaired) electrons. The summed E-state index contributed by atoms with van der Waals surface area (Å²) in [7, 11) is 0. The molecule has 174 valence electrons. The molecule has 0 saturated carbocycles. The maximum absolute atomic E-state index is 13.3. The predicted octanol–water partition coefficient (Wildman–Crippen LogP) is 3.15. The van der Waals surface area contributed by atoms with Crippen LogP contribution < -0.4 is 10.2 Å². The van der Waals surface area contributed by atoms with Gasteiger partial charge in [-0.25, -0.2) is 0 Å². The van der Waals surface area contributed by atoms with E-state index in [0.29, 0.717) is 43.5 Å². The van der Waals surface area contributed by atoms with Crippen LogP contribution in [0.4, 0.5) is 5.69 Å². The normalized spacial score (nSPS) is 23.9. The summed E-state index contributed by atoms with van der Waals surface area (Å²) in [6, 6.07) is 7.60. The Bertz CT molecular complexity index is 864. The van der Waals surface area contributed by atoms with Crippen molar-refractivity contribution in [3.63, 3.8) is 0 Å². The number of nitrogens with one attached hydrogen (secondary N) is 1. The summed E-state index contributed by atoms with van der Waals surface area (Å²) >= 11 is 0. The lowest BCUT2D eigenvalue weighted by molar-refractivity contribution is -0.122. The van der Waals surface area contributed by atoms with Gasteiger partial charge in [0.05, 0.1) is 11.3 Å². The molecule has 1 atom stereocenters. The average Bonchev–Trinajstić information content (AvgIpc) is 3.10. The zero-order chi connectivity index (χ0) is 22.7. The maximum atomic E-state index is 13.3. The summed E-state index contributed by atoms with van der Waals surface area (Å²) in [5.41, 5.74) is 0.630. The van der Waals surface area contributed by atoms with Gasteiger partial charge >= 0.3 is 0 Å². The molecule has 2 saturated heterocycles. The van der Waals surface area contributed by atoms with Gasteiger partial charge in [-0.05, 0) is 57.7 Å². The molecule has 0 aliphatic carbocycles. The SMILES string of the molecule is CCCCN1CCC(NC(=O)CCCN2C(=O)c3ccccc3N3C(=O)CCC23C)CC1. The third-order valence-corrected chi connectivity index (χ3v) is 7.31. The van der Waals surface area contributed by atoms with Crippen LogP contribution in [-0.4, -0.2) is 65.4 Å². The second kappa shape index (κ2) is 9.61. The van der Waals surface area contributed by atoms with Gasteiger partial charge in [-0.1, -0.05) is 25.5 Å². The Balaban J connectivity index is 1.31. The number of benzene rings is 1. The minimum absolute atomic E-state index is 0.0473. The summed E-state index contributed by atoms with van der Waals surface area (Å²) in [6.07, 6.45) is 6.50. The highest BCUT2D eigenvalue weighted by molar-refractivity contribution is 6.10. The number of hydrogen-bond acceptors (Lipinski definition) is 4. The van der Waals surface area contributed by atoms with Crippen molar-refractivity contribution in [2.24, 2.45) is 0 Å². The molecule has 0 spiro atoms. The van der Waals surface area contributed by atoms with Gasteiger partial charge in [0.1, 0.15) is 5.66 Å². The Hall–Kier alpha value is -2.41. The van der Waals surface area contributed by atoms with E-state index in [4.69, 9.17) is 0 Å². The van der Waals surface area contributed by atoms with Crippen LogP contribution in [0, 0.1) is 0 Å². The van der Waals surface area contributed by atoms with Crippen molar-refractivity contribution in [1.82, 2.24) is 15.1 Å². The molecule has 3 heterocycles. The molecule has 7 nitrogen and oxygen atoms in total. The molecule has 3 aliphatic heterocycles. The van der Waals surface area contributed by atoms with Gasteiger partial charge in [0.2, 0.25) is 11.8 Å². The number of piperidine rings is 1. The van der Waals surface area contributed by atoms with E-state index in [0.717, 1.165) is 32.5 Å². The highest BCUT2D eigenvalue weighted by Crippen LogP contribution is 2.44. The van der Waals surface area contributed by atoms with Crippen LogP contribution in [0.3, 0.4) is 0 Å². The highest BCUT2D eigenvalue weighted by Gasteiger charge is 2.52. The Morgan fingerprint density at radius 2 is 1.88 bits per heavy atom. The third kappa shape index (κ3) is 4.40. The lowest BCUT2D eigenvalue weighted by Crippen LogP contribution is -2.62. The number of anilines is 1. The molecular weight excluding hydrogens is 404 g/mol. The Morgan fingerprint density at radius 3 is 2.62 bits per heavy atom. The molecular formula is C25H36N4O3. The fourth-order valence-corrected chi connectivity index (χ4v) is 5.42. The van der Waals surface area contributed by atoms with E-state index >= 15 is 0 Å². The van der Waals surface area contributed by atoms with E-state index in [-0.39, 0.29) is 23.8 Å². The Morgan fingerprint density at radius 1 is 1.12 bits per heavy atom. The Kier molecular flexibility index (Phi) is 6.84. The number of hydrogen-bond donors (Lipinski definition) is 1. The first-order valence-corrected chi connectivity index (χ1v) is 12.2. The summed E-state index contributed by atoms with van der Waals surface area (Å²) in [5.74, 6) is 0.0701. The molecule has 32 heavy (non-hydrogen) atoms. The van der Waals surface area contributed by atoms with E-state index < -0.39 is 5.66 Å². The number of unbranched alkanes of at least 4 members (excludes halogenated alkanes) is 1. The molecule has 0 aromatic heterocycles. The van der Waals surface area contributed by atoms with Crippen molar-refractivity contribution in [3.05, 3.63) is 29.8 Å². The monoisotopic (exact) mass is 440 g/mol. The lowest BCUT2D eigenvalue weighted by atomic mass is 9.97. The molecule has 7 heteroatoms. The lowest BCUT2D eigenvalue weighted by Gasteiger charge is -2.48. The van der Waals surface area contributed by atoms with Crippen LogP contribution in [0.5, 0.6) is 0 Å². The van der Waals surface area contributed by atoms with Crippen molar-refractivity contribution in [1.29, 1.82) is 0 Å². The number of likely N-dealkylation sites (tertiary alicyclic amines) is 1. The van der Waals surface area contributed by atoms with Crippen LogP contribution in [-0.2, 0) is 9.59 Å². The first kappa shape index (κ1) is 22.8. The number of rotatable bonds is 8. The van der Waals surface area contributed by atoms with Gasteiger partial charge in [0.15, 0.2) is 0 Å². The largest absolute Gasteiger partial charge is 0.353 e. The van der Waals surface area contributed by atoms with Crippen LogP contribution in [0.25, 0.3) is 0 Å². The fourth-order valence-electron chi connectivity index (χ4n) is 5.42. The number of amides is 3.